The largest absolute Gasteiger partial charge is 0.353 e. The molecule has 2 saturated heterocycles. The van der Waals surface area contributed by atoms with Crippen molar-refractivity contribution in [2.45, 2.75) is 38.4 Å². The van der Waals surface area contributed by atoms with E-state index in [1.165, 1.54) is 0 Å². The summed E-state index contributed by atoms with van der Waals surface area (Å²) >= 11 is 0. The molecule has 0 aromatic heterocycles. The molecule has 2 fully saturated rings. The lowest BCUT2D eigenvalue weighted by Gasteiger charge is -2.38. The smallest absolute Gasteiger partial charge is 0.242 e. The third-order valence-corrected chi connectivity index (χ3v) is 3.64. The van der Waals surface area contributed by atoms with Crippen LogP contribution in [0.4, 0.5) is 0 Å². The van der Waals surface area contributed by atoms with Crippen LogP contribution < -0.4 is 16.0 Å². The van der Waals surface area contributed by atoms with Crippen molar-refractivity contribution in [3.8, 4) is 0 Å². The predicted octanol–water partition coefficient (Wildman–Crippen LogP) is -1.33. The van der Waals surface area contributed by atoms with Crippen LogP contribution in [0.2, 0.25) is 0 Å². The van der Waals surface area contributed by atoms with Gasteiger partial charge in [0.25, 0.3) is 0 Å². The summed E-state index contributed by atoms with van der Waals surface area (Å²) in [7, 11) is 0. The van der Waals surface area contributed by atoms with E-state index in [9.17, 15) is 9.59 Å². The second-order valence-corrected chi connectivity index (χ2v) is 5.02. The number of rotatable bonds is 2. The number of carbonyl (C=O) groups is 2. The van der Waals surface area contributed by atoms with E-state index >= 15 is 0 Å². The Labute approximate surface area is 107 Å². The van der Waals surface area contributed by atoms with E-state index in [-0.39, 0.29) is 23.9 Å². The van der Waals surface area contributed by atoms with E-state index in [1.54, 1.807) is 4.90 Å². The van der Waals surface area contributed by atoms with Gasteiger partial charge < -0.3 is 20.9 Å². The molecule has 3 unspecified atom stereocenters. The molecule has 3 atom stereocenters. The van der Waals surface area contributed by atoms with Crippen LogP contribution in [-0.4, -0.2) is 61.0 Å². The second kappa shape index (κ2) is 5.67. The first-order chi connectivity index (χ1) is 8.63. The van der Waals surface area contributed by atoms with Gasteiger partial charge in [-0.25, -0.2) is 0 Å². The molecule has 0 radical (unpaired) electrons. The molecule has 3 N–H and O–H groups in total. The summed E-state index contributed by atoms with van der Waals surface area (Å²) in [6.07, 6.45) is 0.661. The number of amides is 2. The van der Waals surface area contributed by atoms with Crippen LogP contribution in [0.1, 0.15) is 20.3 Å². The molecule has 2 aliphatic heterocycles. The Kier molecular flexibility index (Phi) is 4.19. The Morgan fingerprint density at radius 2 is 2.17 bits per heavy atom. The summed E-state index contributed by atoms with van der Waals surface area (Å²) in [5, 5.41) is 9.33. The first kappa shape index (κ1) is 13.3. The molecule has 0 aromatic rings. The highest BCUT2D eigenvalue weighted by Gasteiger charge is 2.35. The van der Waals surface area contributed by atoms with Crippen molar-refractivity contribution in [2.75, 3.05) is 26.2 Å². The molecule has 0 aromatic carbocycles. The summed E-state index contributed by atoms with van der Waals surface area (Å²) < 4.78 is 0. The molecule has 18 heavy (non-hydrogen) atoms. The van der Waals surface area contributed by atoms with Gasteiger partial charge in [0.05, 0.1) is 6.04 Å². The lowest BCUT2D eigenvalue weighted by molar-refractivity contribution is -0.145. The zero-order valence-electron chi connectivity index (χ0n) is 11.0. The maximum absolute atomic E-state index is 12.4. The molecule has 0 saturated carbocycles. The molecular formula is C12H22N4O2. The molecule has 6 nitrogen and oxygen atoms in total. The van der Waals surface area contributed by atoms with Crippen molar-refractivity contribution in [1.29, 1.82) is 0 Å². The highest BCUT2D eigenvalue weighted by molar-refractivity contribution is 5.91. The fraction of sp³-hybridized carbons (Fsp3) is 0.833. The van der Waals surface area contributed by atoms with E-state index in [2.05, 4.69) is 22.9 Å². The Hall–Kier alpha value is -1.14. The van der Waals surface area contributed by atoms with Crippen LogP contribution in [0.3, 0.4) is 0 Å². The van der Waals surface area contributed by atoms with Gasteiger partial charge in [0, 0.05) is 32.2 Å². The maximum atomic E-state index is 12.4. The molecule has 102 valence electrons. The van der Waals surface area contributed by atoms with E-state index in [0.29, 0.717) is 32.1 Å². The first-order valence-corrected chi connectivity index (χ1v) is 6.68. The van der Waals surface area contributed by atoms with E-state index in [1.807, 2.05) is 6.92 Å². The average Bonchev–Trinajstić information content (AvgIpc) is 2.38. The molecule has 0 spiro atoms. The minimum Gasteiger partial charge on any atom is -0.353 e. The number of nitrogens with zero attached hydrogens (tertiary/aromatic N) is 1. The topological polar surface area (TPSA) is 73.5 Å². The van der Waals surface area contributed by atoms with Gasteiger partial charge in [0.15, 0.2) is 0 Å². The summed E-state index contributed by atoms with van der Waals surface area (Å²) in [5.74, 6) is 0.00494. The van der Waals surface area contributed by atoms with Gasteiger partial charge in [-0.2, -0.15) is 0 Å². The molecular weight excluding hydrogens is 232 g/mol. The molecule has 0 bridgehead atoms. The van der Waals surface area contributed by atoms with Crippen molar-refractivity contribution in [2.24, 2.45) is 0 Å². The van der Waals surface area contributed by atoms with E-state index in [0.717, 1.165) is 6.54 Å². The van der Waals surface area contributed by atoms with Crippen molar-refractivity contribution in [3.05, 3.63) is 0 Å². The number of hydrogen-bond donors (Lipinski definition) is 3. The summed E-state index contributed by atoms with van der Waals surface area (Å²) in [6.45, 7) is 6.59. The lowest BCUT2D eigenvalue weighted by Crippen LogP contribution is -2.64. The quantitative estimate of drug-likeness (QED) is 0.571. The van der Waals surface area contributed by atoms with Crippen molar-refractivity contribution < 1.29 is 9.59 Å². The Morgan fingerprint density at radius 1 is 1.39 bits per heavy atom. The summed E-state index contributed by atoms with van der Waals surface area (Å²) in [4.78, 5) is 25.9. The third kappa shape index (κ3) is 2.64. The lowest BCUT2D eigenvalue weighted by atomic mass is 10.1. The number of hydrogen-bond acceptors (Lipinski definition) is 4. The molecule has 2 rings (SSSR count). The molecule has 2 heterocycles. The third-order valence-electron chi connectivity index (χ3n) is 3.64. The average molecular weight is 254 g/mol. The predicted molar refractivity (Wildman–Crippen MR) is 68.1 cm³/mol. The van der Waals surface area contributed by atoms with Crippen molar-refractivity contribution in [3.63, 3.8) is 0 Å². The number of piperazine rings is 2. The Balaban J connectivity index is 2.00. The minimum absolute atomic E-state index is 0.0331. The fourth-order valence-corrected chi connectivity index (χ4v) is 2.54. The number of nitrogens with one attached hydrogen (secondary N) is 3. The molecule has 0 aliphatic carbocycles. The zero-order valence-corrected chi connectivity index (χ0v) is 11.0. The summed E-state index contributed by atoms with van der Waals surface area (Å²) in [6, 6.07) is -0.130. The van der Waals surface area contributed by atoms with Gasteiger partial charge in [-0.3, -0.25) is 9.59 Å². The van der Waals surface area contributed by atoms with Crippen LogP contribution in [0.5, 0.6) is 0 Å². The number of carbonyl (C=O) groups excluding carboxylic acids is 2. The Morgan fingerprint density at radius 3 is 2.78 bits per heavy atom. The van der Waals surface area contributed by atoms with Crippen molar-refractivity contribution >= 4 is 11.8 Å². The van der Waals surface area contributed by atoms with Crippen LogP contribution in [0.25, 0.3) is 0 Å². The van der Waals surface area contributed by atoms with Gasteiger partial charge in [-0.1, -0.05) is 6.92 Å². The zero-order chi connectivity index (χ0) is 13.1. The van der Waals surface area contributed by atoms with Crippen LogP contribution >= 0.6 is 0 Å². The van der Waals surface area contributed by atoms with E-state index in [4.69, 9.17) is 0 Å². The molecule has 2 amide bonds. The van der Waals surface area contributed by atoms with E-state index < -0.39 is 0 Å². The van der Waals surface area contributed by atoms with Gasteiger partial charge in [0.2, 0.25) is 11.8 Å². The first-order valence-electron chi connectivity index (χ1n) is 6.68. The highest BCUT2D eigenvalue weighted by atomic mass is 16.2. The molecule has 2 aliphatic rings. The van der Waals surface area contributed by atoms with Crippen LogP contribution in [0.15, 0.2) is 0 Å². The standard InChI is InChI=1S/C12H22N4O2/c1-3-10-11(17)13-4-5-16(10)12(18)9-7-14-8(2)6-15-9/h8-10,14-15H,3-7H2,1-2H3,(H,13,17). The SMILES string of the molecule is CCC1C(=O)NCCN1C(=O)C1CNC(C)CN1. The molecule has 6 heteroatoms. The van der Waals surface area contributed by atoms with Gasteiger partial charge in [-0.05, 0) is 13.3 Å². The van der Waals surface area contributed by atoms with Crippen LogP contribution in [-0.2, 0) is 9.59 Å². The maximum Gasteiger partial charge on any atom is 0.242 e. The fourth-order valence-electron chi connectivity index (χ4n) is 2.54. The summed E-state index contributed by atoms with van der Waals surface area (Å²) in [5.41, 5.74) is 0. The van der Waals surface area contributed by atoms with Gasteiger partial charge >= 0.3 is 0 Å². The Bertz CT molecular complexity index is 326. The monoisotopic (exact) mass is 254 g/mol. The van der Waals surface area contributed by atoms with Crippen LogP contribution in [0, 0.1) is 0 Å². The normalized spacial score (nSPS) is 33.1. The van der Waals surface area contributed by atoms with Gasteiger partial charge in [-0.15, -0.1) is 0 Å². The minimum atomic E-state index is -0.313. The van der Waals surface area contributed by atoms with Crippen molar-refractivity contribution in [1.82, 2.24) is 20.9 Å². The second-order valence-electron chi connectivity index (χ2n) is 5.02. The van der Waals surface area contributed by atoms with Gasteiger partial charge in [0.1, 0.15) is 6.04 Å². The highest BCUT2D eigenvalue weighted by Crippen LogP contribution is 2.11.